The monoisotopic (exact) mass is 478 g/mol. The van der Waals surface area contributed by atoms with Gasteiger partial charge in [-0.3, -0.25) is 20.4 Å². The number of nitrogens with zero attached hydrogens (tertiary/aromatic N) is 2. The number of hydrazine groups is 1. The van der Waals surface area contributed by atoms with Gasteiger partial charge in [0.2, 0.25) is 10.0 Å². The first-order valence-electron chi connectivity index (χ1n) is 10.1. The predicted molar refractivity (Wildman–Crippen MR) is 124 cm³/mol. The van der Waals surface area contributed by atoms with E-state index in [1.165, 1.54) is 44.4 Å². The summed E-state index contributed by atoms with van der Waals surface area (Å²) in [6.45, 7) is 0.151. The first kappa shape index (κ1) is 24.4. The maximum atomic E-state index is 12.5. The maximum absolute atomic E-state index is 12.5. The lowest BCUT2D eigenvalue weighted by Crippen LogP contribution is -2.41. The third kappa shape index (κ3) is 5.78. The molecule has 0 radical (unpaired) electrons. The number of ether oxygens (including phenoxy) is 1. The van der Waals surface area contributed by atoms with E-state index in [-0.39, 0.29) is 22.6 Å². The molecule has 0 saturated heterocycles. The SMILES string of the molecule is CN(C)S(=O)(=O)c1cccc(C(=O)NNC(=O)c2cccc(OCc3ccccc3C#N)c2)c1. The van der Waals surface area contributed by atoms with Crippen molar-refractivity contribution >= 4 is 21.8 Å². The van der Waals surface area contributed by atoms with E-state index in [9.17, 15) is 23.3 Å². The topological polar surface area (TPSA) is 129 Å². The molecule has 0 aromatic heterocycles. The zero-order valence-electron chi connectivity index (χ0n) is 18.5. The molecule has 3 rings (SSSR count). The molecule has 0 fully saturated rings. The molecule has 0 saturated carbocycles. The summed E-state index contributed by atoms with van der Waals surface area (Å²) in [6.07, 6.45) is 0. The van der Waals surface area contributed by atoms with Crippen LogP contribution in [0.1, 0.15) is 31.8 Å². The lowest BCUT2D eigenvalue weighted by Gasteiger charge is -2.13. The lowest BCUT2D eigenvalue weighted by atomic mass is 10.1. The zero-order valence-corrected chi connectivity index (χ0v) is 19.3. The molecule has 174 valence electrons. The number of hydrogen-bond donors (Lipinski definition) is 2. The average molecular weight is 479 g/mol. The molecule has 2 amide bonds. The third-order valence-electron chi connectivity index (χ3n) is 4.79. The number of rotatable bonds is 7. The van der Waals surface area contributed by atoms with Gasteiger partial charge < -0.3 is 4.74 Å². The molecule has 3 aromatic carbocycles. The van der Waals surface area contributed by atoms with Crippen LogP contribution in [0.5, 0.6) is 5.75 Å². The van der Waals surface area contributed by atoms with E-state index in [1.54, 1.807) is 42.5 Å². The van der Waals surface area contributed by atoms with Crippen molar-refractivity contribution in [2.24, 2.45) is 0 Å². The van der Waals surface area contributed by atoms with Crippen molar-refractivity contribution < 1.29 is 22.7 Å². The van der Waals surface area contributed by atoms with Gasteiger partial charge in [0.15, 0.2) is 0 Å². The van der Waals surface area contributed by atoms with Crippen molar-refractivity contribution in [1.29, 1.82) is 5.26 Å². The molecule has 0 unspecified atom stereocenters. The second-order valence-corrected chi connectivity index (χ2v) is 9.46. The van der Waals surface area contributed by atoms with E-state index < -0.39 is 21.8 Å². The number of nitrogens with one attached hydrogen (secondary N) is 2. The fourth-order valence-corrected chi connectivity index (χ4v) is 3.86. The van der Waals surface area contributed by atoms with Crippen LogP contribution in [0.25, 0.3) is 0 Å². The summed E-state index contributed by atoms with van der Waals surface area (Å²) >= 11 is 0. The second kappa shape index (κ2) is 10.6. The van der Waals surface area contributed by atoms with Crippen molar-refractivity contribution in [2.75, 3.05) is 14.1 Å². The van der Waals surface area contributed by atoms with Crippen LogP contribution < -0.4 is 15.6 Å². The highest BCUT2D eigenvalue weighted by Gasteiger charge is 2.19. The summed E-state index contributed by atoms with van der Waals surface area (Å²) in [5, 5.41) is 9.17. The molecular weight excluding hydrogens is 456 g/mol. The van der Waals surface area contributed by atoms with Crippen LogP contribution in [-0.2, 0) is 16.6 Å². The van der Waals surface area contributed by atoms with Gasteiger partial charge >= 0.3 is 0 Å². The Balaban J connectivity index is 1.63. The third-order valence-corrected chi connectivity index (χ3v) is 6.60. The van der Waals surface area contributed by atoms with Crippen molar-refractivity contribution in [3.63, 3.8) is 0 Å². The summed E-state index contributed by atoms with van der Waals surface area (Å²) in [6, 6.07) is 21.0. The van der Waals surface area contributed by atoms with Gasteiger partial charge in [-0.1, -0.05) is 30.3 Å². The van der Waals surface area contributed by atoms with E-state index in [0.29, 0.717) is 16.9 Å². The Labute approximate surface area is 197 Å². The molecule has 0 aliphatic heterocycles. The number of amides is 2. The molecule has 0 atom stereocenters. The molecule has 9 nitrogen and oxygen atoms in total. The van der Waals surface area contributed by atoms with Crippen molar-refractivity contribution in [3.05, 3.63) is 95.1 Å². The molecule has 34 heavy (non-hydrogen) atoms. The van der Waals surface area contributed by atoms with Crippen molar-refractivity contribution in [3.8, 4) is 11.8 Å². The molecule has 0 aliphatic rings. The minimum absolute atomic E-state index is 0.0423. The first-order valence-corrected chi connectivity index (χ1v) is 11.5. The summed E-state index contributed by atoms with van der Waals surface area (Å²) in [4.78, 5) is 24.9. The largest absolute Gasteiger partial charge is 0.489 e. The van der Waals surface area contributed by atoms with Gasteiger partial charge in [-0.25, -0.2) is 12.7 Å². The Bertz CT molecular complexity index is 1360. The van der Waals surface area contributed by atoms with Gasteiger partial charge in [0.1, 0.15) is 12.4 Å². The van der Waals surface area contributed by atoms with Crippen LogP contribution in [0.15, 0.2) is 77.7 Å². The molecule has 0 heterocycles. The Hall–Kier alpha value is -4.20. The van der Waals surface area contributed by atoms with Crippen molar-refractivity contribution in [1.82, 2.24) is 15.2 Å². The molecule has 0 aliphatic carbocycles. The van der Waals surface area contributed by atoms with E-state index in [0.717, 1.165) is 4.31 Å². The highest BCUT2D eigenvalue weighted by molar-refractivity contribution is 7.89. The molecular formula is C24H22N4O5S. The van der Waals surface area contributed by atoms with Crippen LogP contribution in [0, 0.1) is 11.3 Å². The minimum atomic E-state index is -3.71. The van der Waals surface area contributed by atoms with Gasteiger partial charge in [0.05, 0.1) is 16.5 Å². The smallest absolute Gasteiger partial charge is 0.269 e. The quantitative estimate of drug-likeness (QED) is 0.502. The molecule has 0 bridgehead atoms. The van der Waals surface area contributed by atoms with Gasteiger partial charge in [0.25, 0.3) is 11.8 Å². The number of nitriles is 1. The maximum Gasteiger partial charge on any atom is 0.269 e. The van der Waals surface area contributed by atoms with Gasteiger partial charge in [-0.2, -0.15) is 5.26 Å². The molecule has 3 aromatic rings. The fraction of sp³-hybridized carbons (Fsp3) is 0.125. The number of hydrogen-bond acceptors (Lipinski definition) is 6. The first-order chi connectivity index (χ1) is 16.2. The van der Waals surface area contributed by atoms with Crippen LogP contribution in [0.2, 0.25) is 0 Å². The van der Waals surface area contributed by atoms with Crippen LogP contribution >= 0.6 is 0 Å². The fourth-order valence-electron chi connectivity index (χ4n) is 2.91. The zero-order chi connectivity index (χ0) is 24.7. The van der Waals surface area contributed by atoms with Crippen molar-refractivity contribution in [2.45, 2.75) is 11.5 Å². The highest BCUT2D eigenvalue weighted by atomic mass is 32.2. The van der Waals surface area contributed by atoms with E-state index in [1.807, 2.05) is 0 Å². The van der Waals surface area contributed by atoms with Gasteiger partial charge in [0, 0.05) is 30.8 Å². The number of benzene rings is 3. The second-order valence-electron chi connectivity index (χ2n) is 7.31. The van der Waals surface area contributed by atoms with Gasteiger partial charge in [-0.15, -0.1) is 0 Å². The number of sulfonamides is 1. The number of carbonyl (C=O) groups is 2. The summed E-state index contributed by atoms with van der Waals surface area (Å²) in [5.74, 6) is -0.855. The molecule has 2 N–H and O–H groups in total. The average Bonchev–Trinajstić information content (AvgIpc) is 2.86. The normalized spacial score (nSPS) is 10.9. The molecule has 10 heteroatoms. The highest BCUT2D eigenvalue weighted by Crippen LogP contribution is 2.17. The van der Waals surface area contributed by atoms with Crippen LogP contribution in [0.3, 0.4) is 0 Å². The van der Waals surface area contributed by atoms with E-state index in [4.69, 9.17) is 4.74 Å². The van der Waals surface area contributed by atoms with Crippen LogP contribution in [0.4, 0.5) is 0 Å². The Morgan fingerprint density at radius 1 is 0.912 bits per heavy atom. The summed E-state index contributed by atoms with van der Waals surface area (Å²) < 4.78 is 31.3. The summed E-state index contributed by atoms with van der Waals surface area (Å²) in [5.41, 5.74) is 6.09. The van der Waals surface area contributed by atoms with Gasteiger partial charge in [-0.05, 0) is 42.5 Å². The Kier molecular flexibility index (Phi) is 7.63. The minimum Gasteiger partial charge on any atom is -0.489 e. The molecule has 0 spiro atoms. The summed E-state index contributed by atoms with van der Waals surface area (Å²) in [7, 11) is -0.925. The van der Waals surface area contributed by atoms with E-state index >= 15 is 0 Å². The standard InChI is InChI=1S/C24H22N4O5S/c1-28(2)34(31,32)22-12-6-10-18(14-22)24(30)27-26-23(29)17-9-5-11-21(13-17)33-16-20-8-4-3-7-19(20)15-25/h3-14H,16H2,1-2H3,(H,26,29)(H,27,30). The van der Waals surface area contributed by atoms with Crippen LogP contribution in [-0.4, -0.2) is 38.6 Å². The predicted octanol–water partition coefficient (Wildman–Crippen LogP) is 2.46. The lowest BCUT2D eigenvalue weighted by molar-refractivity contribution is 0.0846. The van der Waals surface area contributed by atoms with E-state index in [2.05, 4.69) is 16.9 Å². The Morgan fingerprint density at radius 3 is 2.18 bits per heavy atom. The number of carbonyl (C=O) groups excluding carboxylic acids is 2. The Morgan fingerprint density at radius 2 is 1.53 bits per heavy atom.